The Morgan fingerprint density at radius 3 is 1.92 bits per heavy atom. The van der Waals surface area contributed by atoms with Crippen molar-refractivity contribution < 1.29 is 41.7 Å². The van der Waals surface area contributed by atoms with Crippen molar-refractivity contribution in [3.63, 3.8) is 0 Å². The molecule has 0 aliphatic rings. The zero-order valence-corrected chi connectivity index (χ0v) is 19.6. The van der Waals surface area contributed by atoms with Crippen molar-refractivity contribution in [1.29, 1.82) is 0 Å². The molecule has 0 radical (unpaired) electrons. The molecule has 0 spiro atoms. The van der Waals surface area contributed by atoms with Crippen LogP contribution >= 0.6 is 0 Å². The highest BCUT2D eigenvalue weighted by atomic mass is 19.4. The predicted octanol–water partition coefficient (Wildman–Crippen LogP) is 6.05. The summed E-state index contributed by atoms with van der Waals surface area (Å²) in [6, 6.07) is 13.5. The third-order valence-electron chi connectivity index (χ3n) is 6.44. The summed E-state index contributed by atoms with van der Waals surface area (Å²) in [5.74, 6) is -11.1. The van der Waals surface area contributed by atoms with Crippen molar-refractivity contribution >= 4 is 0 Å². The van der Waals surface area contributed by atoms with E-state index < -0.39 is 23.5 Å². The fourth-order valence-electron chi connectivity index (χ4n) is 4.27. The van der Waals surface area contributed by atoms with Crippen LogP contribution in [0, 0.1) is 13.8 Å². The lowest BCUT2D eigenvalue weighted by Gasteiger charge is -2.34. The number of hydrogen-bond donors (Lipinski definition) is 3. The molecule has 0 heterocycles. The minimum Gasteiger partial charge on any atom is -0.392 e. The van der Waals surface area contributed by atoms with E-state index in [0.717, 1.165) is 0 Å². The maximum Gasteiger partial charge on any atom is 0.459 e. The first kappa shape index (κ1) is 27.7. The largest absolute Gasteiger partial charge is 0.459 e. The minimum absolute atomic E-state index is 0.0813. The zero-order chi connectivity index (χ0) is 26.9. The van der Waals surface area contributed by atoms with Crippen molar-refractivity contribution in [2.75, 3.05) is 0 Å². The van der Waals surface area contributed by atoms with Gasteiger partial charge in [0.1, 0.15) is 0 Å². The summed E-state index contributed by atoms with van der Waals surface area (Å²) in [6.07, 6.45) is -6.44. The summed E-state index contributed by atoms with van der Waals surface area (Å²) in [7, 11) is 0. The van der Waals surface area contributed by atoms with Gasteiger partial charge in [0.2, 0.25) is 0 Å². The highest BCUT2D eigenvalue weighted by molar-refractivity contribution is 5.72. The van der Waals surface area contributed by atoms with Crippen LogP contribution in [0.2, 0.25) is 0 Å². The van der Waals surface area contributed by atoms with Crippen LogP contribution in [0.4, 0.5) is 26.3 Å². The summed E-state index contributed by atoms with van der Waals surface area (Å²) in [5.41, 5.74) is 0.866. The first-order valence-corrected chi connectivity index (χ1v) is 11.1. The molecular weight excluding hydrogens is 486 g/mol. The molecule has 0 aromatic heterocycles. The topological polar surface area (TPSA) is 60.7 Å². The number of aliphatic hydroxyl groups is 3. The van der Waals surface area contributed by atoms with Gasteiger partial charge in [0.15, 0.2) is 0 Å². The predicted molar refractivity (Wildman–Crippen MR) is 123 cm³/mol. The van der Waals surface area contributed by atoms with Crippen molar-refractivity contribution in [2.24, 2.45) is 0 Å². The second-order valence-corrected chi connectivity index (χ2v) is 8.70. The normalized spacial score (nSPS) is 14.1. The molecule has 1 atom stereocenters. The van der Waals surface area contributed by atoms with Crippen LogP contribution in [0.25, 0.3) is 11.1 Å². The maximum atomic E-state index is 15.6. The van der Waals surface area contributed by atoms with Crippen LogP contribution in [-0.2, 0) is 31.9 Å². The molecule has 0 amide bonds. The second kappa shape index (κ2) is 10.2. The van der Waals surface area contributed by atoms with E-state index in [2.05, 4.69) is 0 Å². The first-order valence-electron chi connectivity index (χ1n) is 11.1. The fourth-order valence-corrected chi connectivity index (χ4v) is 4.27. The van der Waals surface area contributed by atoms with Gasteiger partial charge in [0, 0.05) is 5.56 Å². The van der Waals surface area contributed by atoms with Gasteiger partial charge in [0.25, 0.3) is 0 Å². The van der Waals surface area contributed by atoms with Crippen molar-refractivity contribution in [3.8, 4) is 11.1 Å². The van der Waals surface area contributed by atoms with Gasteiger partial charge in [-0.15, -0.1) is 0 Å². The van der Waals surface area contributed by atoms with Gasteiger partial charge >= 0.3 is 18.0 Å². The van der Waals surface area contributed by atoms with Crippen LogP contribution in [0.5, 0.6) is 0 Å². The highest BCUT2D eigenvalue weighted by Crippen LogP contribution is 2.53. The Morgan fingerprint density at radius 2 is 1.36 bits per heavy atom. The Balaban J connectivity index is 2.24. The van der Waals surface area contributed by atoms with Gasteiger partial charge in [0.05, 0.1) is 13.2 Å². The Hall–Kier alpha value is -2.88. The van der Waals surface area contributed by atoms with Gasteiger partial charge in [-0.3, -0.25) is 0 Å². The number of aryl methyl sites for hydroxylation is 2. The third-order valence-corrected chi connectivity index (χ3v) is 6.44. The molecule has 194 valence electrons. The highest BCUT2D eigenvalue weighted by Gasteiger charge is 2.73. The van der Waals surface area contributed by atoms with E-state index in [9.17, 15) is 37.3 Å². The lowest BCUT2D eigenvalue weighted by molar-refractivity contribution is -0.379. The van der Waals surface area contributed by atoms with Crippen LogP contribution in [0.1, 0.15) is 38.9 Å². The molecule has 9 heteroatoms. The Kier molecular flexibility index (Phi) is 7.88. The SMILES string of the molecule is Cc1cc(-c2ccccc2)c(C(O)(F)C(F)(F)C(F)(F)F)c(CCc2ccc(CO)c(CO)c2)c1C. The summed E-state index contributed by atoms with van der Waals surface area (Å²) in [5, 5.41) is 29.3. The molecule has 3 nitrogen and oxygen atoms in total. The molecule has 1 unspecified atom stereocenters. The average molecular weight is 512 g/mol. The number of benzene rings is 3. The fraction of sp³-hybridized carbons (Fsp3) is 0.333. The van der Waals surface area contributed by atoms with Crippen LogP contribution in [0.15, 0.2) is 54.6 Å². The Labute approximate surface area is 204 Å². The molecule has 0 fully saturated rings. The van der Waals surface area contributed by atoms with Crippen molar-refractivity contribution in [3.05, 3.63) is 93.5 Å². The molecule has 0 aliphatic heterocycles. The van der Waals surface area contributed by atoms with Crippen molar-refractivity contribution in [1.82, 2.24) is 0 Å². The maximum absolute atomic E-state index is 15.6. The molecule has 3 N–H and O–H groups in total. The summed E-state index contributed by atoms with van der Waals surface area (Å²) in [4.78, 5) is 0. The van der Waals surface area contributed by atoms with E-state index in [0.29, 0.717) is 22.3 Å². The standard InChI is InChI=1S/C27H26F6O3/c1-16-12-23(19-6-4-3-5-7-19)24(25(28,36)26(29,30)27(31,32)33)22(17(16)2)11-9-18-8-10-20(14-34)21(13-18)15-35/h3-8,10,12-13,34-36H,9,11,14-15H2,1-2H3. The molecule has 3 aromatic carbocycles. The zero-order valence-electron chi connectivity index (χ0n) is 19.6. The van der Waals surface area contributed by atoms with Crippen LogP contribution < -0.4 is 0 Å². The number of rotatable bonds is 8. The molecule has 36 heavy (non-hydrogen) atoms. The number of alkyl halides is 6. The quantitative estimate of drug-likeness (QED) is 0.322. The number of aliphatic hydroxyl groups excluding tert-OH is 2. The lowest BCUT2D eigenvalue weighted by Crippen LogP contribution is -2.53. The van der Waals surface area contributed by atoms with E-state index in [1.54, 1.807) is 31.2 Å². The Morgan fingerprint density at radius 1 is 0.750 bits per heavy atom. The monoisotopic (exact) mass is 512 g/mol. The first-order chi connectivity index (χ1) is 16.8. The summed E-state index contributed by atoms with van der Waals surface area (Å²) < 4.78 is 84.3. The van der Waals surface area contributed by atoms with E-state index in [1.807, 2.05) is 0 Å². The molecular formula is C27H26F6O3. The molecule has 0 aliphatic carbocycles. The summed E-state index contributed by atoms with van der Waals surface area (Å²) >= 11 is 0. The Bertz CT molecular complexity index is 1220. The molecule has 3 aromatic rings. The lowest BCUT2D eigenvalue weighted by atomic mass is 9.81. The average Bonchev–Trinajstić information content (AvgIpc) is 2.83. The second-order valence-electron chi connectivity index (χ2n) is 8.70. The number of hydrogen-bond acceptors (Lipinski definition) is 3. The smallest absolute Gasteiger partial charge is 0.392 e. The summed E-state index contributed by atoms with van der Waals surface area (Å²) in [6.45, 7) is 2.39. The van der Waals surface area contributed by atoms with Gasteiger partial charge in [-0.1, -0.05) is 54.6 Å². The van der Waals surface area contributed by atoms with E-state index in [-0.39, 0.29) is 48.3 Å². The van der Waals surface area contributed by atoms with E-state index in [1.165, 1.54) is 37.3 Å². The van der Waals surface area contributed by atoms with Crippen molar-refractivity contribution in [2.45, 2.75) is 57.9 Å². The van der Waals surface area contributed by atoms with Crippen LogP contribution in [0.3, 0.4) is 0 Å². The van der Waals surface area contributed by atoms with Crippen LogP contribution in [-0.4, -0.2) is 27.4 Å². The molecule has 3 rings (SSSR count). The van der Waals surface area contributed by atoms with Gasteiger partial charge in [-0.25, -0.2) is 0 Å². The number of halogens is 6. The van der Waals surface area contributed by atoms with E-state index >= 15 is 4.39 Å². The van der Waals surface area contributed by atoms with Gasteiger partial charge in [-0.05, 0) is 71.2 Å². The van der Waals surface area contributed by atoms with Gasteiger partial charge in [-0.2, -0.15) is 26.3 Å². The third kappa shape index (κ3) is 5.00. The van der Waals surface area contributed by atoms with E-state index in [4.69, 9.17) is 0 Å². The minimum atomic E-state index is -6.35. The molecule has 0 saturated carbocycles. The molecule has 0 bridgehead atoms. The van der Waals surface area contributed by atoms with Gasteiger partial charge < -0.3 is 15.3 Å². The molecule has 0 saturated heterocycles.